The lowest BCUT2D eigenvalue weighted by atomic mass is 10.5. The highest BCUT2D eigenvalue weighted by atomic mass is 15.0. The van der Waals surface area contributed by atoms with Crippen LogP contribution in [0.15, 0.2) is 30.6 Å². The standard InChI is InChI=1S/C9H12N2/c1-3-4-5-7-11-8-6-10-9(11)2/h3-8H,1-2H3/b4-3-,7-5-. The van der Waals surface area contributed by atoms with E-state index in [4.69, 9.17) is 0 Å². The topological polar surface area (TPSA) is 17.8 Å². The summed E-state index contributed by atoms with van der Waals surface area (Å²) >= 11 is 0. The smallest absolute Gasteiger partial charge is 0.109 e. The predicted molar refractivity (Wildman–Crippen MR) is 47.1 cm³/mol. The van der Waals surface area contributed by atoms with E-state index in [1.54, 1.807) is 6.20 Å². The molecule has 0 aromatic carbocycles. The summed E-state index contributed by atoms with van der Waals surface area (Å²) in [7, 11) is 0. The second-order valence-corrected chi connectivity index (χ2v) is 2.25. The zero-order valence-corrected chi connectivity index (χ0v) is 6.86. The van der Waals surface area contributed by atoms with Crippen LogP contribution in [0.1, 0.15) is 12.7 Å². The van der Waals surface area contributed by atoms with Crippen molar-refractivity contribution in [1.82, 2.24) is 9.55 Å². The largest absolute Gasteiger partial charge is 0.311 e. The maximum Gasteiger partial charge on any atom is 0.109 e. The second-order valence-electron chi connectivity index (χ2n) is 2.25. The van der Waals surface area contributed by atoms with Crippen LogP contribution in [0.25, 0.3) is 6.20 Å². The van der Waals surface area contributed by atoms with Crippen molar-refractivity contribution in [2.45, 2.75) is 13.8 Å². The van der Waals surface area contributed by atoms with Gasteiger partial charge in [-0.1, -0.05) is 12.2 Å². The quantitative estimate of drug-likeness (QED) is 0.588. The number of aromatic nitrogens is 2. The third-order valence-electron chi connectivity index (χ3n) is 1.41. The molecule has 0 spiro atoms. The van der Waals surface area contributed by atoms with Gasteiger partial charge in [0.15, 0.2) is 0 Å². The zero-order chi connectivity index (χ0) is 8.10. The number of nitrogens with zero attached hydrogens (tertiary/aromatic N) is 2. The summed E-state index contributed by atoms with van der Waals surface area (Å²) in [6, 6.07) is 0. The van der Waals surface area contributed by atoms with Gasteiger partial charge in [0, 0.05) is 18.6 Å². The normalized spacial score (nSPS) is 11.8. The van der Waals surface area contributed by atoms with E-state index in [1.807, 2.05) is 49.0 Å². The van der Waals surface area contributed by atoms with Crippen LogP contribution in [0.5, 0.6) is 0 Å². The van der Waals surface area contributed by atoms with E-state index in [0.29, 0.717) is 0 Å². The lowest BCUT2D eigenvalue weighted by molar-refractivity contribution is 1.03. The number of hydrogen-bond donors (Lipinski definition) is 0. The summed E-state index contributed by atoms with van der Waals surface area (Å²) in [5.41, 5.74) is 0. The Morgan fingerprint density at radius 1 is 1.45 bits per heavy atom. The fourth-order valence-electron chi connectivity index (χ4n) is 0.799. The van der Waals surface area contributed by atoms with Gasteiger partial charge in [0.25, 0.3) is 0 Å². The molecule has 2 nitrogen and oxygen atoms in total. The summed E-state index contributed by atoms with van der Waals surface area (Å²) in [6.07, 6.45) is 11.6. The summed E-state index contributed by atoms with van der Waals surface area (Å²) in [5, 5.41) is 0. The van der Waals surface area contributed by atoms with Gasteiger partial charge in [0.05, 0.1) is 0 Å². The summed E-state index contributed by atoms with van der Waals surface area (Å²) in [6.45, 7) is 3.96. The molecule has 1 aromatic rings. The maximum atomic E-state index is 4.08. The highest BCUT2D eigenvalue weighted by Gasteiger charge is 1.87. The molecule has 2 heteroatoms. The van der Waals surface area contributed by atoms with Crippen molar-refractivity contribution in [1.29, 1.82) is 0 Å². The van der Waals surface area contributed by atoms with Crippen molar-refractivity contribution in [3.05, 3.63) is 36.4 Å². The first-order chi connectivity index (χ1) is 5.34. The average molecular weight is 148 g/mol. The molecule has 0 bridgehead atoms. The van der Waals surface area contributed by atoms with Crippen LogP contribution >= 0.6 is 0 Å². The molecule has 0 aliphatic carbocycles. The summed E-state index contributed by atoms with van der Waals surface area (Å²) in [5.74, 6) is 1.01. The van der Waals surface area contributed by atoms with Crippen molar-refractivity contribution < 1.29 is 0 Å². The Hall–Kier alpha value is -1.31. The molecule has 11 heavy (non-hydrogen) atoms. The first-order valence-corrected chi connectivity index (χ1v) is 3.63. The Morgan fingerprint density at radius 2 is 2.27 bits per heavy atom. The summed E-state index contributed by atoms with van der Waals surface area (Å²) in [4.78, 5) is 4.08. The fourth-order valence-corrected chi connectivity index (χ4v) is 0.799. The molecule has 0 saturated carbocycles. The van der Waals surface area contributed by atoms with Gasteiger partial charge in [0.1, 0.15) is 5.82 Å². The van der Waals surface area contributed by atoms with E-state index < -0.39 is 0 Å². The number of aryl methyl sites for hydroxylation is 1. The van der Waals surface area contributed by atoms with Crippen LogP contribution in [-0.4, -0.2) is 9.55 Å². The van der Waals surface area contributed by atoms with Gasteiger partial charge >= 0.3 is 0 Å². The molecule has 0 saturated heterocycles. The molecule has 1 rings (SSSR count). The molecule has 0 N–H and O–H groups in total. The Balaban J connectivity index is 2.71. The first kappa shape index (κ1) is 7.79. The Bertz CT molecular complexity index is 269. The third-order valence-corrected chi connectivity index (χ3v) is 1.41. The van der Waals surface area contributed by atoms with Crippen LogP contribution in [0.3, 0.4) is 0 Å². The van der Waals surface area contributed by atoms with E-state index in [0.717, 1.165) is 5.82 Å². The average Bonchev–Trinajstić information content (AvgIpc) is 2.37. The minimum atomic E-state index is 1.01. The number of imidazole rings is 1. The highest BCUT2D eigenvalue weighted by molar-refractivity contribution is 5.28. The molecule has 1 aromatic heterocycles. The molecule has 58 valence electrons. The van der Waals surface area contributed by atoms with Crippen molar-refractivity contribution >= 4 is 6.20 Å². The molecule has 1 heterocycles. The van der Waals surface area contributed by atoms with Crippen molar-refractivity contribution in [2.75, 3.05) is 0 Å². The van der Waals surface area contributed by atoms with E-state index in [2.05, 4.69) is 4.98 Å². The molecular formula is C9H12N2. The molecular weight excluding hydrogens is 136 g/mol. The van der Waals surface area contributed by atoms with Crippen LogP contribution in [-0.2, 0) is 0 Å². The molecule has 0 amide bonds. The Labute approximate surface area is 66.9 Å². The van der Waals surface area contributed by atoms with Gasteiger partial charge in [-0.25, -0.2) is 4.98 Å². The van der Waals surface area contributed by atoms with E-state index in [1.165, 1.54) is 0 Å². The van der Waals surface area contributed by atoms with Gasteiger partial charge in [-0.05, 0) is 19.9 Å². The third kappa shape index (κ3) is 2.08. The number of allylic oxidation sites excluding steroid dienone is 3. The molecule has 0 unspecified atom stereocenters. The van der Waals surface area contributed by atoms with Crippen LogP contribution in [0.2, 0.25) is 0 Å². The van der Waals surface area contributed by atoms with Crippen LogP contribution in [0.4, 0.5) is 0 Å². The Kier molecular flexibility index (Phi) is 2.66. The van der Waals surface area contributed by atoms with Crippen LogP contribution < -0.4 is 0 Å². The highest BCUT2D eigenvalue weighted by Crippen LogP contribution is 1.95. The lowest BCUT2D eigenvalue weighted by Gasteiger charge is -1.92. The van der Waals surface area contributed by atoms with Crippen molar-refractivity contribution in [3.8, 4) is 0 Å². The predicted octanol–water partition coefficient (Wildman–Crippen LogP) is 2.24. The minimum Gasteiger partial charge on any atom is -0.311 e. The molecule has 0 aliphatic heterocycles. The van der Waals surface area contributed by atoms with E-state index in [-0.39, 0.29) is 0 Å². The number of rotatable bonds is 2. The SMILES string of the molecule is C/C=C\C=C/n1ccnc1C. The van der Waals surface area contributed by atoms with Gasteiger partial charge in [-0.3, -0.25) is 0 Å². The number of hydrogen-bond acceptors (Lipinski definition) is 1. The molecule has 0 aliphatic rings. The second kappa shape index (κ2) is 3.76. The van der Waals surface area contributed by atoms with Gasteiger partial charge in [0.2, 0.25) is 0 Å². The van der Waals surface area contributed by atoms with Gasteiger partial charge in [-0.15, -0.1) is 0 Å². The minimum absolute atomic E-state index is 1.01. The Morgan fingerprint density at radius 3 is 2.82 bits per heavy atom. The monoisotopic (exact) mass is 148 g/mol. The zero-order valence-electron chi connectivity index (χ0n) is 6.86. The lowest BCUT2D eigenvalue weighted by Crippen LogP contribution is -1.86. The van der Waals surface area contributed by atoms with E-state index >= 15 is 0 Å². The maximum absolute atomic E-state index is 4.08. The van der Waals surface area contributed by atoms with Crippen LogP contribution in [0, 0.1) is 6.92 Å². The fraction of sp³-hybridized carbons (Fsp3) is 0.222. The molecule has 0 atom stereocenters. The molecule has 0 radical (unpaired) electrons. The van der Waals surface area contributed by atoms with Gasteiger partial charge < -0.3 is 4.57 Å². The van der Waals surface area contributed by atoms with E-state index in [9.17, 15) is 0 Å². The first-order valence-electron chi connectivity index (χ1n) is 3.63. The van der Waals surface area contributed by atoms with Crippen molar-refractivity contribution in [2.24, 2.45) is 0 Å². The molecule has 0 fully saturated rings. The van der Waals surface area contributed by atoms with Gasteiger partial charge in [-0.2, -0.15) is 0 Å². The van der Waals surface area contributed by atoms with Crippen molar-refractivity contribution in [3.63, 3.8) is 0 Å². The summed E-state index contributed by atoms with van der Waals surface area (Å²) < 4.78 is 1.97.